The summed E-state index contributed by atoms with van der Waals surface area (Å²) in [6.07, 6.45) is -1.09. The summed E-state index contributed by atoms with van der Waals surface area (Å²) in [7, 11) is 0. The first kappa shape index (κ1) is 27.2. The Bertz CT molecular complexity index is 892. The maximum absolute atomic E-state index is 13.3. The third-order valence-electron chi connectivity index (χ3n) is 10.7. The lowest BCUT2D eigenvalue weighted by Gasteiger charge is -2.61. The zero-order chi connectivity index (χ0) is 26.4. The van der Waals surface area contributed by atoms with Crippen LogP contribution >= 0.6 is 0 Å². The van der Waals surface area contributed by atoms with Gasteiger partial charge in [-0.15, -0.1) is 0 Å². The van der Waals surface area contributed by atoms with Crippen molar-refractivity contribution in [2.24, 2.45) is 28.6 Å². The summed E-state index contributed by atoms with van der Waals surface area (Å²) in [5.74, 6) is -1.73. The second-order valence-corrected chi connectivity index (χ2v) is 13.2. The maximum Gasteiger partial charge on any atom is 0.159 e. The molecule has 35 heavy (non-hydrogen) atoms. The number of allylic oxidation sites excluding steroid dienone is 1. The number of ketones is 1. The quantitative estimate of drug-likeness (QED) is 0.295. The predicted octanol–water partition coefficient (Wildman–Crippen LogP) is 0.825. The molecular weight excluding hydrogens is 452 g/mol. The number of fused-ring (bicyclic) bond motifs is 5. The molecule has 0 spiro atoms. The van der Waals surface area contributed by atoms with Crippen LogP contribution < -0.4 is 0 Å². The van der Waals surface area contributed by atoms with Gasteiger partial charge in [0.05, 0.1) is 35.1 Å². The van der Waals surface area contributed by atoms with Crippen LogP contribution in [-0.2, 0) is 4.79 Å². The average Bonchev–Trinajstić information content (AvgIpc) is 3.04. The molecule has 3 saturated carbocycles. The molecule has 0 amide bonds. The third kappa shape index (κ3) is 3.78. The first-order valence-electron chi connectivity index (χ1n) is 13.1. The fourth-order valence-electron chi connectivity index (χ4n) is 8.35. The highest BCUT2D eigenvalue weighted by Crippen LogP contribution is 2.68. The lowest BCUT2D eigenvalue weighted by atomic mass is 9.45. The van der Waals surface area contributed by atoms with Crippen LogP contribution in [0.5, 0.6) is 0 Å². The number of hydrogen-bond acceptors (Lipinski definition) is 8. The second kappa shape index (κ2) is 8.32. The van der Waals surface area contributed by atoms with Crippen molar-refractivity contribution in [2.75, 3.05) is 0 Å². The molecule has 200 valence electrons. The van der Waals surface area contributed by atoms with Crippen molar-refractivity contribution in [3.8, 4) is 0 Å². The Morgan fingerprint density at radius 1 is 1.06 bits per heavy atom. The SMILES string of the molecule is CC(C)(O)CC[C@@H](O)[C@](C)(O)[C@H]1CC[C@@]2(O)C3=CC(=O)[C@@H]4C[C@@H](O)[C@H](O)[C@@H](O)[C@]4(C)[C@@H]3CC[C@]12C. The Labute approximate surface area is 207 Å². The smallest absolute Gasteiger partial charge is 0.159 e. The minimum absolute atomic E-state index is 0.0638. The summed E-state index contributed by atoms with van der Waals surface area (Å²) in [4.78, 5) is 13.3. The standard InChI is InChI=1S/C27H44O8/c1-23(2,33)9-8-20(30)26(5,34)19-7-11-27(35)15-12-17(28)16-13-18(29)21(31)22(32)25(16,4)14(15)6-10-24(19,27)3/h12,14,16,18-22,29-35H,6-11,13H2,1-5H3/t14-,16+,18-,19+,20-,21+,22-,24-,25-,26-,27-/m1/s1. The Balaban J connectivity index is 1.69. The van der Waals surface area contributed by atoms with E-state index in [1.807, 2.05) is 6.92 Å². The molecule has 0 aliphatic heterocycles. The van der Waals surface area contributed by atoms with E-state index in [-0.39, 0.29) is 24.5 Å². The highest BCUT2D eigenvalue weighted by molar-refractivity contribution is 5.95. The van der Waals surface area contributed by atoms with E-state index in [9.17, 15) is 40.5 Å². The van der Waals surface area contributed by atoms with Gasteiger partial charge in [-0.3, -0.25) is 4.79 Å². The van der Waals surface area contributed by atoms with Crippen LogP contribution in [-0.4, -0.2) is 82.7 Å². The molecule has 0 heterocycles. The number of hydrogen-bond donors (Lipinski definition) is 7. The molecule has 8 heteroatoms. The van der Waals surface area contributed by atoms with Gasteiger partial charge in [-0.2, -0.15) is 0 Å². The normalized spacial score (nSPS) is 48.3. The molecule has 3 fully saturated rings. The largest absolute Gasteiger partial charge is 0.390 e. The van der Waals surface area contributed by atoms with Crippen molar-refractivity contribution in [3.63, 3.8) is 0 Å². The first-order chi connectivity index (χ1) is 15.9. The number of rotatable bonds is 5. The topological polar surface area (TPSA) is 159 Å². The Morgan fingerprint density at radius 3 is 2.29 bits per heavy atom. The van der Waals surface area contributed by atoms with Crippen molar-refractivity contribution in [1.29, 1.82) is 0 Å². The number of aliphatic hydroxyl groups is 7. The summed E-state index contributed by atoms with van der Waals surface area (Å²) in [6.45, 7) is 8.59. The van der Waals surface area contributed by atoms with Crippen LogP contribution in [0.3, 0.4) is 0 Å². The zero-order valence-corrected chi connectivity index (χ0v) is 21.6. The predicted molar refractivity (Wildman–Crippen MR) is 128 cm³/mol. The summed E-state index contributed by atoms with van der Waals surface area (Å²) < 4.78 is 0. The second-order valence-electron chi connectivity index (χ2n) is 13.2. The molecule has 0 aromatic heterocycles. The minimum atomic E-state index is -1.52. The Kier molecular flexibility index (Phi) is 6.46. The van der Waals surface area contributed by atoms with Crippen LogP contribution in [0.15, 0.2) is 11.6 Å². The van der Waals surface area contributed by atoms with Crippen LogP contribution in [0.1, 0.15) is 79.6 Å². The molecule has 0 unspecified atom stereocenters. The lowest BCUT2D eigenvalue weighted by Crippen LogP contribution is -2.66. The molecule has 0 bridgehead atoms. The molecule has 0 aromatic rings. The van der Waals surface area contributed by atoms with E-state index in [2.05, 4.69) is 0 Å². The van der Waals surface area contributed by atoms with Crippen molar-refractivity contribution in [1.82, 2.24) is 0 Å². The fraction of sp³-hybridized carbons (Fsp3) is 0.889. The van der Waals surface area contributed by atoms with Crippen LogP contribution in [0.2, 0.25) is 0 Å². The molecule has 4 aliphatic carbocycles. The fourth-order valence-corrected chi connectivity index (χ4v) is 8.35. The minimum Gasteiger partial charge on any atom is -0.390 e. The van der Waals surface area contributed by atoms with Gasteiger partial charge in [0, 0.05) is 16.7 Å². The van der Waals surface area contributed by atoms with E-state index in [4.69, 9.17) is 0 Å². The van der Waals surface area contributed by atoms with E-state index in [0.29, 0.717) is 37.7 Å². The number of aliphatic hydroxyl groups excluding tert-OH is 4. The first-order valence-corrected chi connectivity index (χ1v) is 13.1. The van der Waals surface area contributed by atoms with E-state index in [1.54, 1.807) is 27.7 Å². The van der Waals surface area contributed by atoms with Gasteiger partial charge >= 0.3 is 0 Å². The van der Waals surface area contributed by atoms with Crippen molar-refractivity contribution in [2.45, 2.75) is 121 Å². The van der Waals surface area contributed by atoms with Crippen molar-refractivity contribution >= 4 is 5.78 Å². The summed E-state index contributed by atoms with van der Waals surface area (Å²) in [5, 5.41) is 76.6. The highest BCUT2D eigenvalue weighted by Gasteiger charge is 2.70. The number of carbonyl (C=O) groups is 1. The molecule has 8 nitrogen and oxygen atoms in total. The van der Waals surface area contributed by atoms with Crippen LogP contribution in [0.25, 0.3) is 0 Å². The highest BCUT2D eigenvalue weighted by atomic mass is 16.4. The van der Waals surface area contributed by atoms with Gasteiger partial charge in [0.15, 0.2) is 5.78 Å². The summed E-state index contributed by atoms with van der Waals surface area (Å²) >= 11 is 0. The molecule has 7 N–H and O–H groups in total. The molecular formula is C27H44O8. The van der Waals surface area contributed by atoms with Crippen molar-refractivity contribution in [3.05, 3.63) is 11.6 Å². The van der Waals surface area contributed by atoms with E-state index in [1.165, 1.54) is 6.08 Å². The summed E-state index contributed by atoms with van der Waals surface area (Å²) in [5.41, 5.74) is -5.21. The van der Waals surface area contributed by atoms with Gasteiger partial charge in [0.1, 0.15) is 6.10 Å². The van der Waals surface area contributed by atoms with Crippen molar-refractivity contribution < 1.29 is 40.5 Å². The molecule has 0 radical (unpaired) electrons. The monoisotopic (exact) mass is 496 g/mol. The Hall–Kier alpha value is -0.870. The van der Waals surface area contributed by atoms with Gasteiger partial charge in [-0.25, -0.2) is 0 Å². The summed E-state index contributed by atoms with van der Waals surface area (Å²) in [6, 6.07) is 0. The molecule has 4 rings (SSSR count). The van der Waals surface area contributed by atoms with Gasteiger partial charge in [0.2, 0.25) is 0 Å². The molecule has 4 aliphatic rings. The molecule has 0 aromatic carbocycles. The maximum atomic E-state index is 13.3. The van der Waals surface area contributed by atoms with Crippen LogP contribution in [0.4, 0.5) is 0 Å². The van der Waals surface area contributed by atoms with Gasteiger partial charge in [-0.1, -0.05) is 13.8 Å². The van der Waals surface area contributed by atoms with Gasteiger partial charge in [-0.05, 0) is 89.2 Å². The van der Waals surface area contributed by atoms with E-state index in [0.717, 1.165) is 0 Å². The Morgan fingerprint density at radius 2 is 1.69 bits per heavy atom. The van der Waals surface area contributed by atoms with E-state index >= 15 is 0 Å². The van der Waals surface area contributed by atoms with Gasteiger partial charge in [0.25, 0.3) is 0 Å². The molecule has 0 saturated heterocycles. The zero-order valence-electron chi connectivity index (χ0n) is 21.6. The third-order valence-corrected chi connectivity index (χ3v) is 10.7. The average molecular weight is 497 g/mol. The molecule has 11 atom stereocenters. The lowest BCUT2D eigenvalue weighted by molar-refractivity contribution is -0.205. The van der Waals surface area contributed by atoms with E-state index < -0.39 is 63.9 Å². The van der Waals surface area contributed by atoms with Gasteiger partial charge < -0.3 is 35.7 Å². The van der Waals surface area contributed by atoms with Crippen LogP contribution in [0, 0.1) is 28.6 Å². The number of carbonyl (C=O) groups excluding carboxylic acids is 1.